The number of methoxy groups -OCH3 is 1. The van der Waals surface area contributed by atoms with Crippen LogP contribution in [0.5, 0.6) is 0 Å². The van der Waals surface area contributed by atoms with Gasteiger partial charge in [-0.15, -0.1) is 0 Å². The number of rotatable bonds is 2. The van der Waals surface area contributed by atoms with E-state index in [4.69, 9.17) is 10.5 Å². The van der Waals surface area contributed by atoms with Crippen molar-refractivity contribution >= 4 is 17.8 Å². The normalized spacial score (nSPS) is 16.3. The molecule has 0 saturated carbocycles. The molecule has 2 N–H and O–H groups in total. The van der Waals surface area contributed by atoms with E-state index in [2.05, 4.69) is 29.7 Å². The first-order valence-electron chi connectivity index (χ1n) is 5.46. The largest absolute Gasteiger partial charge is 0.534 e. The monoisotopic (exact) mass is 271 g/mol. The molecule has 19 heavy (non-hydrogen) atoms. The highest BCUT2D eigenvalue weighted by Crippen LogP contribution is 2.12. The van der Waals surface area contributed by atoms with Gasteiger partial charge in [0.1, 0.15) is 0 Å². The van der Waals surface area contributed by atoms with Crippen LogP contribution in [0.15, 0.2) is 9.78 Å². The molecule has 1 aliphatic rings. The molecule has 0 atom stereocenters. The smallest absolute Gasteiger partial charge is 0.436 e. The third-order valence-corrected chi connectivity index (χ3v) is 2.41. The quantitative estimate of drug-likeness (QED) is 0.247. The van der Waals surface area contributed by atoms with Gasteiger partial charge in [-0.1, -0.05) is 5.16 Å². The van der Waals surface area contributed by atoms with Crippen LogP contribution < -0.4 is 5.73 Å². The summed E-state index contributed by atoms with van der Waals surface area (Å²) in [6.07, 6.45) is -0.944. The fraction of sp³-hybridized carbons (Fsp3) is 0.556. The Morgan fingerprint density at radius 2 is 2.16 bits per heavy atom. The van der Waals surface area contributed by atoms with Crippen LogP contribution in [-0.4, -0.2) is 60.6 Å². The highest BCUT2D eigenvalue weighted by molar-refractivity contribution is 6.00. The van der Waals surface area contributed by atoms with Crippen LogP contribution in [0.1, 0.15) is 5.69 Å². The van der Waals surface area contributed by atoms with Gasteiger partial charge in [-0.25, -0.2) is 9.42 Å². The highest BCUT2D eigenvalue weighted by Gasteiger charge is 2.24. The van der Waals surface area contributed by atoms with Crippen LogP contribution in [0.2, 0.25) is 0 Å². The molecule has 1 aliphatic heterocycles. The Bertz CT molecular complexity index is 467. The lowest BCUT2D eigenvalue weighted by Gasteiger charge is -2.27. The molecule has 0 unspecified atom stereocenters. The Kier molecular flexibility index (Phi) is 4.13. The maximum Gasteiger partial charge on any atom is 0.534 e. The van der Waals surface area contributed by atoms with Crippen LogP contribution in [0.25, 0.3) is 0 Å². The Balaban J connectivity index is 2.22. The summed E-state index contributed by atoms with van der Waals surface area (Å²) in [7, 11) is 1.18. The number of ether oxygens (including phenoxy) is 2. The maximum atomic E-state index is 11.0. The summed E-state index contributed by atoms with van der Waals surface area (Å²) in [6, 6.07) is 0. The predicted octanol–water partition coefficient (Wildman–Crippen LogP) is -0.571. The Morgan fingerprint density at radius 3 is 2.74 bits per heavy atom. The molecule has 0 amide bonds. The average molecular weight is 271 g/mol. The van der Waals surface area contributed by atoms with E-state index < -0.39 is 6.16 Å². The Morgan fingerprint density at radius 1 is 1.42 bits per heavy atom. The Labute approximate surface area is 108 Å². The Hall–Kier alpha value is -2.36. The lowest BCUT2D eigenvalue weighted by Crippen LogP contribution is -2.41. The molecule has 1 fully saturated rings. The van der Waals surface area contributed by atoms with Crippen LogP contribution in [0, 0.1) is 0 Å². The maximum absolute atomic E-state index is 11.0. The summed E-state index contributed by atoms with van der Waals surface area (Å²) >= 11 is 0. The van der Waals surface area contributed by atoms with Gasteiger partial charge in [0.25, 0.3) is 0 Å². The van der Waals surface area contributed by atoms with Crippen LogP contribution in [0.3, 0.4) is 0 Å². The molecule has 2 heterocycles. The first-order chi connectivity index (χ1) is 9.22. The molecule has 0 radical (unpaired) electrons. The number of hydrogen-bond donors (Lipinski definition) is 1. The standard InChI is InChI=1S/C9H13N5O5/c1-16-9(15)18-13-8(6-7(10)12-19-11-6)14-2-4-17-5-3-14/h2-5H2,1H3,(H2,10,12)/b13-8+. The van der Waals surface area contributed by atoms with E-state index in [9.17, 15) is 4.79 Å². The van der Waals surface area contributed by atoms with Gasteiger partial charge in [-0.2, -0.15) is 0 Å². The number of nitrogen functional groups attached to an aromatic ring is 1. The lowest BCUT2D eigenvalue weighted by atomic mass is 10.3. The topological polar surface area (TPSA) is 125 Å². The number of carbonyl (C=O) groups excluding carboxylic acids is 1. The number of amidine groups is 1. The molecule has 1 aromatic heterocycles. The van der Waals surface area contributed by atoms with Crippen molar-refractivity contribution in [2.24, 2.45) is 5.16 Å². The minimum absolute atomic E-state index is 0.0544. The molecule has 10 heteroatoms. The highest BCUT2D eigenvalue weighted by atomic mass is 16.8. The molecule has 0 aromatic carbocycles. The molecule has 1 aromatic rings. The second-order valence-electron chi connectivity index (χ2n) is 3.56. The van der Waals surface area contributed by atoms with Crippen LogP contribution >= 0.6 is 0 Å². The molecule has 0 aliphatic carbocycles. The van der Waals surface area contributed by atoms with E-state index in [0.717, 1.165) is 0 Å². The number of nitrogens with zero attached hydrogens (tertiary/aromatic N) is 4. The van der Waals surface area contributed by atoms with Gasteiger partial charge in [0, 0.05) is 13.1 Å². The minimum Gasteiger partial charge on any atom is -0.436 e. The fourth-order valence-electron chi connectivity index (χ4n) is 1.49. The SMILES string of the molecule is COC(=O)O/N=C(\c1nonc1N)N1CCOCC1. The van der Waals surface area contributed by atoms with Crippen molar-refractivity contribution in [3.63, 3.8) is 0 Å². The van der Waals surface area contributed by atoms with Gasteiger partial charge in [0.2, 0.25) is 5.84 Å². The van der Waals surface area contributed by atoms with Gasteiger partial charge in [0.15, 0.2) is 11.5 Å². The zero-order valence-electron chi connectivity index (χ0n) is 10.2. The average Bonchev–Trinajstić information content (AvgIpc) is 2.86. The first-order valence-corrected chi connectivity index (χ1v) is 5.46. The summed E-state index contributed by atoms with van der Waals surface area (Å²) in [5, 5.41) is 10.8. The zero-order chi connectivity index (χ0) is 13.7. The van der Waals surface area contributed by atoms with Gasteiger partial charge in [-0.3, -0.25) is 4.84 Å². The van der Waals surface area contributed by atoms with Crippen molar-refractivity contribution in [1.82, 2.24) is 15.2 Å². The zero-order valence-corrected chi connectivity index (χ0v) is 10.2. The third kappa shape index (κ3) is 3.10. The number of aromatic nitrogens is 2. The summed E-state index contributed by atoms with van der Waals surface area (Å²) < 4.78 is 14.1. The van der Waals surface area contributed by atoms with Crippen molar-refractivity contribution in [3.8, 4) is 0 Å². The number of oxime groups is 1. The number of carbonyl (C=O) groups is 1. The lowest BCUT2D eigenvalue weighted by molar-refractivity contribution is 0.0595. The van der Waals surface area contributed by atoms with Crippen LogP contribution in [0.4, 0.5) is 10.6 Å². The van der Waals surface area contributed by atoms with Gasteiger partial charge in [-0.05, 0) is 10.3 Å². The summed E-state index contributed by atoms with van der Waals surface area (Å²) in [4.78, 5) is 17.3. The molecular formula is C9H13N5O5. The van der Waals surface area contributed by atoms with Crippen molar-refractivity contribution in [3.05, 3.63) is 5.69 Å². The number of nitrogens with two attached hydrogens (primary N) is 1. The molecule has 10 nitrogen and oxygen atoms in total. The molecule has 0 spiro atoms. The summed E-state index contributed by atoms with van der Waals surface area (Å²) in [5.74, 6) is 0.297. The van der Waals surface area contributed by atoms with E-state index in [1.807, 2.05) is 0 Å². The van der Waals surface area contributed by atoms with Crippen molar-refractivity contribution in [2.75, 3.05) is 39.1 Å². The third-order valence-electron chi connectivity index (χ3n) is 2.41. The summed E-state index contributed by atoms with van der Waals surface area (Å²) in [5.41, 5.74) is 5.81. The second-order valence-corrected chi connectivity index (χ2v) is 3.56. The second kappa shape index (κ2) is 6.00. The van der Waals surface area contributed by atoms with E-state index in [-0.39, 0.29) is 17.3 Å². The molecule has 2 rings (SSSR count). The molecular weight excluding hydrogens is 258 g/mol. The summed E-state index contributed by atoms with van der Waals surface area (Å²) in [6.45, 7) is 2.14. The van der Waals surface area contributed by atoms with E-state index in [1.54, 1.807) is 4.90 Å². The van der Waals surface area contributed by atoms with Crippen molar-refractivity contribution in [2.45, 2.75) is 0 Å². The van der Waals surface area contributed by atoms with Gasteiger partial charge < -0.3 is 20.1 Å². The van der Waals surface area contributed by atoms with Gasteiger partial charge >= 0.3 is 6.16 Å². The van der Waals surface area contributed by atoms with E-state index in [0.29, 0.717) is 26.3 Å². The molecule has 0 bridgehead atoms. The minimum atomic E-state index is -0.944. The molecule has 1 saturated heterocycles. The first kappa shape index (κ1) is 13.1. The van der Waals surface area contributed by atoms with E-state index >= 15 is 0 Å². The van der Waals surface area contributed by atoms with Crippen LogP contribution in [-0.2, 0) is 14.3 Å². The van der Waals surface area contributed by atoms with Gasteiger partial charge in [0.05, 0.1) is 20.3 Å². The number of morpholine rings is 1. The molecule has 104 valence electrons. The number of anilines is 1. The fourth-order valence-corrected chi connectivity index (χ4v) is 1.49. The predicted molar refractivity (Wildman–Crippen MR) is 61.1 cm³/mol. The van der Waals surface area contributed by atoms with Crippen molar-refractivity contribution < 1.29 is 23.7 Å². The van der Waals surface area contributed by atoms with E-state index in [1.165, 1.54) is 7.11 Å². The number of hydrogen-bond acceptors (Lipinski definition) is 9. The van der Waals surface area contributed by atoms with Crippen molar-refractivity contribution in [1.29, 1.82) is 0 Å².